The third-order valence-electron chi connectivity index (χ3n) is 1.85. The van der Waals surface area contributed by atoms with E-state index in [1.54, 1.807) is 6.08 Å². The Labute approximate surface area is 78.7 Å². The zero-order valence-corrected chi connectivity index (χ0v) is 7.40. The fraction of sp³-hybridized carbons (Fsp3) is 0.167. The van der Waals surface area contributed by atoms with Crippen molar-refractivity contribution in [2.75, 3.05) is 0 Å². The number of rotatable bonds is 3. The Kier molecular flexibility index (Phi) is 3.31. The van der Waals surface area contributed by atoms with E-state index in [1.165, 1.54) is 0 Å². The zero-order valence-electron chi connectivity index (χ0n) is 7.40. The number of benzene rings is 1. The Morgan fingerprint density at radius 1 is 1.46 bits per heavy atom. The van der Waals surface area contributed by atoms with Gasteiger partial charge in [0.2, 0.25) is 0 Å². The molecule has 1 N–H and O–H groups in total. The van der Waals surface area contributed by atoms with Crippen molar-refractivity contribution in [1.29, 1.82) is 0 Å². The first kappa shape index (κ1) is 9.57. The van der Waals surface area contributed by atoms with Crippen molar-refractivity contribution in [2.24, 2.45) is 0 Å². The van der Waals surface area contributed by atoms with Gasteiger partial charge < -0.3 is 5.11 Å². The van der Waals surface area contributed by atoms with Crippen molar-refractivity contribution >= 4 is 0 Å². The molecule has 0 aliphatic rings. The van der Waals surface area contributed by atoms with Gasteiger partial charge in [-0.2, -0.15) is 0 Å². The molecule has 0 saturated heterocycles. The largest absolute Gasteiger partial charge is 0.388 e. The van der Waals surface area contributed by atoms with Gasteiger partial charge >= 0.3 is 0 Å². The second-order valence-corrected chi connectivity index (χ2v) is 2.81. The molecule has 0 heterocycles. The molecule has 1 nitrogen and oxygen atoms in total. The summed E-state index contributed by atoms with van der Waals surface area (Å²) < 4.78 is 0. The summed E-state index contributed by atoms with van der Waals surface area (Å²) in [6, 6.07) is 7.32. The molecule has 0 amide bonds. The molecule has 0 aliphatic heterocycles. The molecule has 1 heteroatoms. The van der Waals surface area contributed by atoms with Crippen LogP contribution in [0.25, 0.3) is 0 Å². The summed E-state index contributed by atoms with van der Waals surface area (Å²) in [5.41, 5.74) is 1.70. The summed E-state index contributed by atoms with van der Waals surface area (Å²) in [6.45, 7) is 3.57. The molecule has 0 bridgehead atoms. The Morgan fingerprint density at radius 3 is 2.54 bits per heavy atom. The maximum atomic E-state index is 9.56. The van der Waals surface area contributed by atoms with Crippen LogP contribution in [0.15, 0.2) is 36.9 Å². The van der Waals surface area contributed by atoms with E-state index in [0.717, 1.165) is 11.1 Å². The van der Waals surface area contributed by atoms with Gasteiger partial charge in [-0.25, -0.2) is 0 Å². The molecule has 66 valence electrons. The van der Waals surface area contributed by atoms with E-state index in [1.807, 2.05) is 24.3 Å². The second-order valence-electron chi connectivity index (χ2n) is 2.81. The van der Waals surface area contributed by atoms with Gasteiger partial charge in [0.1, 0.15) is 0 Å². The number of hydrogen-bond donors (Lipinski definition) is 1. The Balaban J connectivity index is 2.80. The first-order valence-electron chi connectivity index (χ1n) is 4.13. The highest BCUT2D eigenvalue weighted by atomic mass is 16.3. The van der Waals surface area contributed by atoms with Crippen LogP contribution in [-0.4, -0.2) is 5.11 Å². The maximum absolute atomic E-state index is 9.56. The average molecular weight is 172 g/mol. The fourth-order valence-corrected chi connectivity index (χ4v) is 1.10. The van der Waals surface area contributed by atoms with Crippen LogP contribution < -0.4 is 0 Å². The van der Waals surface area contributed by atoms with E-state index in [-0.39, 0.29) is 0 Å². The van der Waals surface area contributed by atoms with Crippen molar-refractivity contribution in [1.82, 2.24) is 0 Å². The van der Waals surface area contributed by atoms with E-state index in [9.17, 15) is 5.11 Å². The van der Waals surface area contributed by atoms with Crippen LogP contribution in [-0.2, 0) is 0 Å². The van der Waals surface area contributed by atoms with E-state index < -0.39 is 6.10 Å². The second kappa shape index (κ2) is 4.49. The highest BCUT2D eigenvalue weighted by Crippen LogP contribution is 2.16. The molecule has 0 saturated carbocycles. The lowest BCUT2D eigenvalue weighted by Crippen LogP contribution is -1.94. The minimum absolute atomic E-state index is 0.468. The van der Waals surface area contributed by atoms with Gasteiger partial charge in [-0.05, 0) is 24.1 Å². The van der Waals surface area contributed by atoms with E-state index >= 15 is 0 Å². The maximum Gasteiger partial charge on any atom is 0.0824 e. The predicted octanol–water partition coefficient (Wildman–Crippen LogP) is 2.28. The minimum atomic E-state index is -0.468. The van der Waals surface area contributed by atoms with Gasteiger partial charge in [0.15, 0.2) is 0 Å². The van der Waals surface area contributed by atoms with Gasteiger partial charge in [-0.15, -0.1) is 13.0 Å². The van der Waals surface area contributed by atoms with E-state index in [0.29, 0.717) is 6.42 Å². The molecule has 0 fully saturated rings. The summed E-state index contributed by atoms with van der Waals surface area (Å²) in [6.07, 6.45) is 7.00. The van der Waals surface area contributed by atoms with Gasteiger partial charge in [0, 0.05) is 5.56 Å². The van der Waals surface area contributed by atoms with Crippen LogP contribution in [0.1, 0.15) is 23.7 Å². The monoisotopic (exact) mass is 172 g/mol. The van der Waals surface area contributed by atoms with Crippen molar-refractivity contribution < 1.29 is 5.11 Å². The molecule has 1 unspecified atom stereocenters. The first-order chi connectivity index (χ1) is 6.27. The summed E-state index contributed by atoms with van der Waals surface area (Å²) in [4.78, 5) is 0. The predicted molar refractivity (Wildman–Crippen MR) is 54.2 cm³/mol. The smallest absolute Gasteiger partial charge is 0.0824 e. The number of hydrogen-bond acceptors (Lipinski definition) is 1. The van der Waals surface area contributed by atoms with Crippen LogP contribution in [0.5, 0.6) is 0 Å². The van der Waals surface area contributed by atoms with E-state index in [2.05, 4.69) is 12.5 Å². The summed E-state index contributed by atoms with van der Waals surface area (Å²) in [5, 5.41) is 9.56. The van der Waals surface area contributed by atoms with Gasteiger partial charge in [-0.3, -0.25) is 0 Å². The highest BCUT2D eigenvalue weighted by molar-refractivity contribution is 5.34. The normalized spacial score (nSPS) is 11.7. The van der Waals surface area contributed by atoms with E-state index in [4.69, 9.17) is 6.42 Å². The Bertz CT molecular complexity index is 316. The van der Waals surface area contributed by atoms with Crippen molar-refractivity contribution in [3.8, 4) is 12.3 Å². The molecule has 0 radical (unpaired) electrons. The molecule has 0 aliphatic carbocycles. The van der Waals surface area contributed by atoms with Crippen LogP contribution in [0.2, 0.25) is 0 Å². The summed E-state index contributed by atoms with van der Waals surface area (Å²) >= 11 is 0. The number of aliphatic hydroxyl groups is 1. The SMILES string of the molecule is C#Cc1ccc(C(O)CC=C)cc1. The fourth-order valence-electron chi connectivity index (χ4n) is 1.10. The highest BCUT2D eigenvalue weighted by Gasteiger charge is 2.03. The molecule has 1 aromatic rings. The van der Waals surface area contributed by atoms with Crippen molar-refractivity contribution in [3.05, 3.63) is 48.0 Å². The first-order valence-corrected chi connectivity index (χ1v) is 4.13. The van der Waals surface area contributed by atoms with Crippen LogP contribution in [0.3, 0.4) is 0 Å². The van der Waals surface area contributed by atoms with Crippen LogP contribution in [0, 0.1) is 12.3 Å². The molecule has 0 aromatic heterocycles. The van der Waals surface area contributed by atoms with Crippen molar-refractivity contribution in [3.63, 3.8) is 0 Å². The standard InChI is InChI=1S/C12H12O/c1-3-5-12(13)11-8-6-10(4-2)7-9-11/h2-3,6-9,12-13H,1,5H2. The molecule has 1 aromatic carbocycles. The topological polar surface area (TPSA) is 20.2 Å². The molecule has 1 atom stereocenters. The van der Waals surface area contributed by atoms with Crippen LogP contribution in [0.4, 0.5) is 0 Å². The number of aliphatic hydroxyl groups excluding tert-OH is 1. The molecule has 13 heavy (non-hydrogen) atoms. The van der Waals surface area contributed by atoms with Gasteiger partial charge in [-0.1, -0.05) is 24.1 Å². The van der Waals surface area contributed by atoms with Crippen LogP contribution >= 0.6 is 0 Å². The average Bonchev–Trinajstić information content (AvgIpc) is 2.18. The number of terminal acetylenes is 1. The lowest BCUT2D eigenvalue weighted by Gasteiger charge is -2.07. The molecule has 1 rings (SSSR count). The lowest BCUT2D eigenvalue weighted by molar-refractivity contribution is 0.181. The van der Waals surface area contributed by atoms with Gasteiger partial charge in [0.05, 0.1) is 6.10 Å². The lowest BCUT2D eigenvalue weighted by atomic mass is 10.1. The molecular weight excluding hydrogens is 160 g/mol. The van der Waals surface area contributed by atoms with Crippen molar-refractivity contribution in [2.45, 2.75) is 12.5 Å². The third-order valence-corrected chi connectivity index (χ3v) is 1.85. The zero-order chi connectivity index (χ0) is 9.68. The third kappa shape index (κ3) is 2.47. The van der Waals surface area contributed by atoms with Gasteiger partial charge in [0.25, 0.3) is 0 Å². The quantitative estimate of drug-likeness (QED) is 0.547. The molecular formula is C12H12O. The minimum Gasteiger partial charge on any atom is -0.388 e. The Hall–Kier alpha value is -1.52. The molecule has 0 spiro atoms. The Morgan fingerprint density at radius 2 is 2.08 bits per heavy atom. The summed E-state index contributed by atoms with van der Waals surface area (Å²) in [7, 11) is 0. The summed E-state index contributed by atoms with van der Waals surface area (Å²) in [5.74, 6) is 2.52.